The van der Waals surface area contributed by atoms with Crippen LogP contribution in [0.25, 0.3) is 0 Å². The van der Waals surface area contributed by atoms with Crippen LogP contribution in [0, 0.1) is 0 Å². The molecule has 0 saturated heterocycles. The first-order valence-electron chi connectivity index (χ1n) is 6.64. The maximum absolute atomic E-state index is 12.1. The van der Waals surface area contributed by atoms with Gasteiger partial charge >= 0.3 is 0 Å². The minimum Gasteiger partial charge on any atom is -0.477 e. The van der Waals surface area contributed by atoms with Crippen LogP contribution in [0.4, 0.5) is 5.69 Å². The Morgan fingerprint density at radius 1 is 1.15 bits per heavy atom. The molecule has 0 aromatic heterocycles. The molecule has 20 heavy (non-hydrogen) atoms. The SMILES string of the molecule is O=C(NCc1ccccc1)[C@H]1CNc2ccccc2O1. The predicted molar refractivity (Wildman–Crippen MR) is 77.6 cm³/mol. The molecule has 0 saturated carbocycles. The lowest BCUT2D eigenvalue weighted by atomic mass is 10.2. The molecule has 2 aromatic carbocycles. The highest BCUT2D eigenvalue weighted by Gasteiger charge is 2.25. The maximum atomic E-state index is 12.1. The fraction of sp³-hybridized carbons (Fsp3) is 0.188. The van der Waals surface area contributed by atoms with E-state index in [9.17, 15) is 4.79 Å². The molecule has 4 heteroatoms. The van der Waals surface area contributed by atoms with Crippen molar-refractivity contribution in [3.05, 3.63) is 60.2 Å². The van der Waals surface area contributed by atoms with Crippen LogP contribution in [0.1, 0.15) is 5.56 Å². The summed E-state index contributed by atoms with van der Waals surface area (Å²) in [6.45, 7) is 0.999. The van der Waals surface area contributed by atoms with Crippen molar-refractivity contribution in [2.24, 2.45) is 0 Å². The van der Waals surface area contributed by atoms with Gasteiger partial charge in [0.05, 0.1) is 12.2 Å². The third-order valence-corrected chi connectivity index (χ3v) is 3.24. The van der Waals surface area contributed by atoms with Crippen LogP contribution in [-0.4, -0.2) is 18.6 Å². The van der Waals surface area contributed by atoms with E-state index < -0.39 is 6.10 Å². The first kappa shape index (κ1) is 12.5. The molecule has 0 radical (unpaired) electrons. The first-order chi connectivity index (χ1) is 9.83. The number of anilines is 1. The summed E-state index contributed by atoms with van der Waals surface area (Å²) in [5.41, 5.74) is 2.00. The second-order valence-corrected chi connectivity index (χ2v) is 4.69. The van der Waals surface area contributed by atoms with Gasteiger partial charge in [-0.3, -0.25) is 4.79 Å². The van der Waals surface area contributed by atoms with E-state index in [1.807, 2.05) is 54.6 Å². The number of hydrogen-bond acceptors (Lipinski definition) is 3. The fourth-order valence-corrected chi connectivity index (χ4v) is 2.16. The molecule has 1 aliphatic heterocycles. The molecular weight excluding hydrogens is 252 g/mol. The van der Waals surface area contributed by atoms with Crippen molar-refractivity contribution in [2.75, 3.05) is 11.9 Å². The summed E-state index contributed by atoms with van der Waals surface area (Å²) in [7, 11) is 0. The van der Waals surface area contributed by atoms with Crippen LogP contribution in [-0.2, 0) is 11.3 Å². The van der Waals surface area contributed by atoms with E-state index in [-0.39, 0.29) is 5.91 Å². The van der Waals surface area contributed by atoms with Crippen LogP contribution < -0.4 is 15.4 Å². The van der Waals surface area contributed by atoms with Crippen molar-refractivity contribution >= 4 is 11.6 Å². The van der Waals surface area contributed by atoms with E-state index in [2.05, 4.69) is 10.6 Å². The van der Waals surface area contributed by atoms with Crippen LogP contribution in [0.3, 0.4) is 0 Å². The van der Waals surface area contributed by atoms with Gasteiger partial charge in [0.15, 0.2) is 6.10 Å². The summed E-state index contributed by atoms with van der Waals surface area (Å²) in [5.74, 6) is 0.620. The Morgan fingerprint density at radius 2 is 1.90 bits per heavy atom. The average Bonchev–Trinajstić information content (AvgIpc) is 2.53. The molecule has 2 aromatic rings. The lowest BCUT2D eigenvalue weighted by molar-refractivity contribution is -0.127. The largest absolute Gasteiger partial charge is 0.477 e. The van der Waals surface area contributed by atoms with E-state index in [1.165, 1.54) is 0 Å². The standard InChI is InChI=1S/C16H16N2O2/c19-16(18-10-12-6-2-1-3-7-12)15-11-17-13-8-4-5-9-14(13)20-15/h1-9,15,17H,10-11H2,(H,18,19)/t15-/m1/s1. The van der Waals surface area contributed by atoms with Gasteiger partial charge in [0.1, 0.15) is 5.75 Å². The number of rotatable bonds is 3. The average molecular weight is 268 g/mol. The second-order valence-electron chi connectivity index (χ2n) is 4.69. The summed E-state index contributed by atoms with van der Waals surface area (Å²) in [6, 6.07) is 17.5. The molecule has 1 atom stereocenters. The fourth-order valence-electron chi connectivity index (χ4n) is 2.16. The smallest absolute Gasteiger partial charge is 0.263 e. The molecule has 102 valence electrons. The van der Waals surface area contributed by atoms with Gasteiger partial charge in [-0.05, 0) is 17.7 Å². The highest BCUT2D eigenvalue weighted by molar-refractivity contribution is 5.83. The number of carbonyl (C=O) groups excluding carboxylic acids is 1. The Bertz CT molecular complexity index is 598. The van der Waals surface area contributed by atoms with Crippen molar-refractivity contribution < 1.29 is 9.53 Å². The minimum atomic E-state index is -0.492. The summed E-state index contributed by atoms with van der Waals surface area (Å²) in [5, 5.41) is 6.10. The number of para-hydroxylation sites is 2. The van der Waals surface area contributed by atoms with Gasteiger partial charge in [-0.25, -0.2) is 0 Å². The van der Waals surface area contributed by atoms with Crippen LogP contribution >= 0.6 is 0 Å². The Balaban J connectivity index is 1.59. The molecular formula is C16H16N2O2. The monoisotopic (exact) mass is 268 g/mol. The lowest BCUT2D eigenvalue weighted by Crippen LogP contribution is -2.44. The molecule has 0 aliphatic carbocycles. The number of ether oxygens (including phenoxy) is 1. The van der Waals surface area contributed by atoms with Crippen LogP contribution in [0.15, 0.2) is 54.6 Å². The molecule has 0 spiro atoms. The first-order valence-corrected chi connectivity index (χ1v) is 6.64. The van der Waals surface area contributed by atoms with Gasteiger partial charge in [-0.15, -0.1) is 0 Å². The molecule has 0 fully saturated rings. The quantitative estimate of drug-likeness (QED) is 0.897. The normalized spacial score (nSPS) is 16.5. The van der Waals surface area contributed by atoms with Crippen molar-refractivity contribution in [1.82, 2.24) is 5.32 Å². The van der Waals surface area contributed by atoms with E-state index in [0.29, 0.717) is 13.1 Å². The second kappa shape index (κ2) is 5.65. The summed E-state index contributed by atoms with van der Waals surface area (Å²) in [4.78, 5) is 12.1. The van der Waals surface area contributed by atoms with Gasteiger partial charge in [-0.2, -0.15) is 0 Å². The Morgan fingerprint density at radius 3 is 2.75 bits per heavy atom. The van der Waals surface area contributed by atoms with E-state index >= 15 is 0 Å². The zero-order valence-electron chi connectivity index (χ0n) is 11.0. The number of amides is 1. The molecule has 4 nitrogen and oxygen atoms in total. The van der Waals surface area contributed by atoms with E-state index in [1.54, 1.807) is 0 Å². The highest BCUT2D eigenvalue weighted by atomic mass is 16.5. The molecule has 3 rings (SSSR count). The minimum absolute atomic E-state index is 0.101. The zero-order chi connectivity index (χ0) is 13.8. The van der Waals surface area contributed by atoms with Gasteiger partial charge in [-0.1, -0.05) is 42.5 Å². The Kier molecular flexibility index (Phi) is 3.54. The third-order valence-electron chi connectivity index (χ3n) is 3.24. The molecule has 1 aliphatic rings. The van der Waals surface area contributed by atoms with Gasteiger partial charge in [0.25, 0.3) is 5.91 Å². The van der Waals surface area contributed by atoms with Crippen molar-refractivity contribution in [3.63, 3.8) is 0 Å². The number of nitrogens with one attached hydrogen (secondary N) is 2. The number of carbonyl (C=O) groups is 1. The zero-order valence-corrected chi connectivity index (χ0v) is 11.0. The molecule has 0 unspecified atom stereocenters. The predicted octanol–water partition coefficient (Wildman–Crippen LogP) is 2.18. The van der Waals surface area contributed by atoms with Gasteiger partial charge < -0.3 is 15.4 Å². The summed E-state index contributed by atoms with van der Waals surface area (Å²) in [6.07, 6.45) is -0.492. The Labute approximate surface area is 117 Å². The highest BCUT2D eigenvalue weighted by Crippen LogP contribution is 2.28. The molecule has 1 amide bonds. The number of benzene rings is 2. The molecule has 0 bridgehead atoms. The van der Waals surface area contributed by atoms with E-state index in [0.717, 1.165) is 17.0 Å². The number of hydrogen-bond donors (Lipinski definition) is 2. The maximum Gasteiger partial charge on any atom is 0.263 e. The third kappa shape index (κ3) is 2.74. The topological polar surface area (TPSA) is 50.4 Å². The summed E-state index contributed by atoms with van der Waals surface area (Å²) >= 11 is 0. The van der Waals surface area contributed by atoms with E-state index in [4.69, 9.17) is 4.74 Å². The van der Waals surface area contributed by atoms with Gasteiger partial charge in [0.2, 0.25) is 0 Å². The van der Waals surface area contributed by atoms with Crippen molar-refractivity contribution in [2.45, 2.75) is 12.6 Å². The van der Waals surface area contributed by atoms with Crippen molar-refractivity contribution in [3.8, 4) is 5.75 Å². The van der Waals surface area contributed by atoms with Crippen LogP contribution in [0.5, 0.6) is 5.75 Å². The molecule has 1 heterocycles. The van der Waals surface area contributed by atoms with Crippen molar-refractivity contribution in [1.29, 1.82) is 0 Å². The molecule has 2 N–H and O–H groups in total. The Hall–Kier alpha value is -2.49. The summed E-state index contributed by atoms with van der Waals surface area (Å²) < 4.78 is 5.71. The number of fused-ring (bicyclic) bond motifs is 1. The lowest BCUT2D eigenvalue weighted by Gasteiger charge is -2.26. The van der Waals surface area contributed by atoms with Gasteiger partial charge in [0, 0.05) is 6.54 Å². The van der Waals surface area contributed by atoms with Crippen LogP contribution in [0.2, 0.25) is 0 Å².